The third-order valence-corrected chi connectivity index (χ3v) is 8.70. The van der Waals surface area contributed by atoms with E-state index in [0.717, 1.165) is 32.1 Å². The molecule has 214 valence electrons. The van der Waals surface area contributed by atoms with Crippen LogP contribution in [0, 0.1) is 5.92 Å². The fourth-order valence-electron chi connectivity index (χ4n) is 5.73. The van der Waals surface area contributed by atoms with E-state index in [1.54, 1.807) is 0 Å². The molecule has 2 bridgehead atoms. The van der Waals surface area contributed by atoms with Crippen molar-refractivity contribution in [1.29, 1.82) is 0 Å². The number of carbonyl (C=O) groups excluding carboxylic acids is 4. The second-order valence-electron chi connectivity index (χ2n) is 10.2. The Hall–Kier alpha value is -2.39. The molecule has 0 aromatic rings. The van der Waals surface area contributed by atoms with Gasteiger partial charge in [-0.05, 0) is 51.9 Å². The van der Waals surface area contributed by atoms with Crippen LogP contribution in [0.3, 0.4) is 0 Å². The molecule has 1 aliphatic carbocycles. The first-order chi connectivity index (χ1) is 17.7. The Kier molecular flexibility index (Phi) is 8.01. The first-order valence-corrected chi connectivity index (χ1v) is 14.0. The molecule has 3 aliphatic heterocycles. The van der Waals surface area contributed by atoms with Gasteiger partial charge in [0.15, 0.2) is 6.10 Å². The summed E-state index contributed by atoms with van der Waals surface area (Å²) in [6.07, 6.45) is -0.823. The minimum absolute atomic E-state index is 0.0414. The van der Waals surface area contributed by atoms with Crippen LogP contribution in [0.2, 0.25) is 0 Å². The van der Waals surface area contributed by atoms with Crippen molar-refractivity contribution in [2.45, 2.75) is 113 Å². The molecule has 3 heterocycles. The van der Waals surface area contributed by atoms with Crippen LogP contribution in [-0.4, -0.2) is 78.2 Å². The molecule has 6 atom stereocenters. The third kappa shape index (κ3) is 5.78. The Bertz CT molecular complexity index is 1070. The summed E-state index contributed by atoms with van der Waals surface area (Å²) in [4.78, 5) is 49.0. The summed E-state index contributed by atoms with van der Waals surface area (Å²) in [6, 6.07) is 0. The fourth-order valence-corrected chi connectivity index (χ4v) is 6.20. The van der Waals surface area contributed by atoms with E-state index < -0.39 is 76.0 Å². The van der Waals surface area contributed by atoms with Gasteiger partial charge >= 0.3 is 39.2 Å². The van der Waals surface area contributed by atoms with Crippen LogP contribution in [0.5, 0.6) is 0 Å². The van der Waals surface area contributed by atoms with Crippen molar-refractivity contribution in [1.82, 2.24) is 0 Å². The number of fused-ring (bicyclic) bond motifs is 2. The topological polar surface area (TPSA) is 169 Å². The summed E-state index contributed by atoms with van der Waals surface area (Å²) in [6.45, 7) is 0.553. The summed E-state index contributed by atoms with van der Waals surface area (Å²) in [5.41, 5.74) is -0.679. The minimum atomic E-state index is -5.83. The smallest absolute Gasteiger partial charge is 0.405 e. The van der Waals surface area contributed by atoms with E-state index in [1.165, 1.54) is 0 Å². The number of hydrogen-bond donors (Lipinski definition) is 1. The lowest BCUT2D eigenvalue weighted by molar-refractivity contribution is -0.181. The van der Waals surface area contributed by atoms with Crippen LogP contribution in [0.4, 0.5) is 8.78 Å². The fraction of sp³-hybridized carbons (Fsp3) is 0.826. The molecule has 4 aliphatic rings. The molecular formula is C23H30F2O12S. The largest absolute Gasteiger partial charge is 0.456 e. The molecule has 1 saturated carbocycles. The number of halogens is 2. The maximum absolute atomic E-state index is 13.5. The van der Waals surface area contributed by atoms with Gasteiger partial charge in [-0.3, -0.25) is 14.1 Å². The predicted molar refractivity (Wildman–Crippen MR) is 119 cm³/mol. The average Bonchev–Trinajstić information content (AvgIpc) is 3.63. The SMILES string of the molecule is CC(OC(=O)CCC(=O)OC1CC(C(=O)OC2(C3CC4CCC3O4)CCCC2)OC1=O)C(F)(F)S(=O)(=O)O. The molecule has 1 N–H and O–H groups in total. The predicted octanol–water partition coefficient (Wildman–Crippen LogP) is 1.83. The van der Waals surface area contributed by atoms with Gasteiger partial charge in [0.2, 0.25) is 12.2 Å². The molecule has 4 fully saturated rings. The molecule has 38 heavy (non-hydrogen) atoms. The van der Waals surface area contributed by atoms with Gasteiger partial charge in [0.1, 0.15) is 5.60 Å². The highest BCUT2D eigenvalue weighted by molar-refractivity contribution is 7.86. The van der Waals surface area contributed by atoms with Crippen molar-refractivity contribution < 1.29 is 64.6 Å². The van der Waals surface area contributed by atoms with E-state index in [-0.39, 0.29) is 24.5 Å². The Balaban J connectivity index is 1.25. The van der Waals surface area contributed by atoms with Gasteiger partial charge in [0, 0.05) is 12.3 Å². The Labute approximate surface area is 217 Å². The molecular weight excluding hydrogens is 538 g/mol. The van der Waals surface area contributed by atoms with Crippen LogP contribution < -0.4 is 0 Å². The third-order valence-electron chi connectivity index (χ3n) is 7.68. The first kappa shape index (κ1) is 28.6. The van der Waals surface area contributed by atoms with Crippen LogP contribution in [0.25, 0.3) is 0 Å². The molecule has 15 heteroatoms. The van der Waals surface area contributed by atoms with Gasteiger partial charge in [0.25, 0.3) is 0 Å². The van der Waals surface area contributed by atoms with Crippen molar-refractivity contribution in [2.75, 3.05) is 0 Å². The van der Waals surface area contributed by atoms with E-state index in [2.05, 4.69) is 4.74 Å². The Morgan fingerprint density at radius 1 is 1.13 bits per heavy atom. The lowest BCUT2D eigenvalue weighted by Crippen LogP contribution is -2.46. The number of carbonyl (C=O) groups is 4. The molecule has 0 aromatic carbocycles. The second kappa shape index (κ2) is 10.6. The van der Waals surface area contributed by atoms with E-state index >= 15 is 0 Å². The number of esters is 4. The van der Waals surface area contributed by atoms with Gasteiger partial charge < -0.3 is 23.7 Å². The zero-order chi connectivity index (χ0) is 27.9. The normalized spacial score (nSPS) is 31.1. The molecule has 4 rings (SSSR count). The maximum atomic E-state index is 13.5. The standard InChI is InChI=1S/C23H30F2O12S/c1-12(23(24,25)38(30,31)32)33-18(26)6-7-19(27)35-16-11-17(36-20(16)28)21(29)37-22(8-2-3-9-22)14-10-13-4-5-15(14)34-13/h12-17H,2-11H2,1H3,(H,30,31,32). The number of alkyl halides is 2. The summed E-state index contributed by atoms with van der Waals surface area (Å²) in [7, 11) is -5.83. The summed E-state index contributed by atoms with van der Waals surface area (Å²) in [5.74, 6) is -4.04. The lowest BCUT2D eigenvalue weighted by atomic mass is 9.75. The minimum Gasteiger partial charge on any atom is -0.456 e. The summed E-state index contributed by atoms with van der Waals surface area (Å²) >= 11 is 0. The van der Waals surface area contributed by atoms with Crippen molar-refractivity contribution in [2.24, 2.45) is 5.92 Å². The van der Waals surface area contributed by atoms with Gasteiger partial charge in [-0.15, -0.1) is 0 Å². The molecule has 0 aromatic heterocycles. The van der Waals surface area contributed by atoms with Crippen LogP contribution in [0.15, 0.2) is 0 Å². The zero-order valence-electron chi connectivity index (χ0n) is 20.6. The number of cyclic esters (lactones) is 1. The van der Waals surface area contributed by atoms with Gasteiger partial charge in [-0.2, -0.15) is 17.2 Å². The molecule has 0 radical (unpaired) electrons. The first-order valence-electron chi connectivity index (χ1n) is 12.5. The highest BCUT2D eigenvalue weighted by Crippen LogP contribution is 2.51. The van der Waals surface area contributed by atoms with Crippen molar-refractivity contribution in [3.8, 4) is 0 Å². The van der Waals surface area contributed by atoms with Crippen molar-refractivity contribution in [3.63, 3.8) is 0 Å². The number of rotatable bonds is 10. The maximum Gasteiger partial charge on any atom is 0.405 e. The Morgan fingerprint density at radius 2 is 1.79 bits per heavy atom. The molecule has 0 amide bonds. The highest BCUT2D eigenvalue weighted by atomic mass is 32.2. The van der Waals surface area contributed by atoms with E-state index in [4.69, 9.17) is 23.5 Å². The van der Waals surface area contributed by atoms with Crippen LogP contribution in [0.1, 0.15) is 71.1 Å². The molecule has 0 spiro atoms. The van der Waals surface area contributed by atoms with Crippen LogP contribution in [-0.2, 0) is 53.0 Å². The van der Waals surface area contributed by atoms with Gasteiger partial charge in [0.05, 0.1) is 25.0 Å². The molecule has 3 saturated heterocycles. The van der Waals surface area contributed by atoms with Crippen molar-refractivity contribution in [3.05, 3.63) is 0 Å². The molecule has 12 nitrogen and oxygen atoms in total. The van der Waals surface area contributed by atoms with Crippen molar-refractivity contribution >= 4 is 34.0 Å². The Morgan fingerprint density at radius 3 is 2.37 bits per heavy atom. The van der Waals surface area contributed by atoms with E-state index in [9.17, 15) is 36.4 Å². The van der Waals surface area contributed by atoms with E-state index in [0.29, 0.717) is 19.8 Å². The van der Waals surface area contributed by atoms with Crippen LogP contribution >= 0.6 is 0 Å². The highest BCUT2D eigenvalue weighted by Gasteiger charge is 2.56. The van der Waals surface area contributed by atoms with Gasteiger partial charge in [-0.1, -0.05) is 0 Å². The zero-order valence-corrected chi connectivity index (χ0v) is 21.5. The van der Waals surface area contributed by atoms with E-state index in [1.807, 2.05) is 0 Å². The monoisotopic (exact) mass is 568 g/mol. The number of hydrogen-bond acceptors (Lipinski definition) is 11. The van der Waals surface area contributed by atoms with Gasteiger partial charge in [-0.25, -0.2) is 9.59 Å². The quantitative estimate of drug-likeness (QED) is 0.231. The number of ether oxygens (including phenoxy) is 5. The lowest BCUT2D eigenvalue weighted by Gasteiger charge is -2.38. The molecule has 6 unspecified atom stereocenters. The average molecular weight is 569 g/mol. The second-order valence-corrected chi connectivity index (χ2v) is 11.7. The summed E-state index contributed by atoms with van der Waals surface area (Å²) < 4.78 is 83.2. The summed E-state index contributed by atoms with van der Waals surface area (Å²) in [5, 5.41) is -4.75.